The van der Waals surface area contributed by atoms with E-state index in [2.05, 4.69) is 10.3 Å². The van der Waals surface area contributed by atoms with Gasteiger partial charge in [0.1, 0.15) is 17.2 Å². The van der Waals surface area contributed by atoms with Gasteiger partial charge >= 0.3 is 0 Å². The summed E-state index contributed by atoms with van der Waals surface area (Å²) in [4.78, 5) is 17.2. The number of carbonyl (C=O) groups excluding carboxylic acids is 1. The predicted octanol–water partition coefficient (Wildman–Crippen LogP) is 5.84. The molecule has 0 atom stereocenters. The molecule has 0 unspecified atom stereocenters. The Balaban J connectivity index is 1.81. The van der Waals surface area contributed by atoms with Crippen LogP contribution in [0, 0.1) is 11.6 Å². The maximum Gasteiger partial charge on any atom is 0.256 e. The van der Waals surface area contributed by atoms with Gasteiger partial charge in [-0.25, -0.2) is 13.8 Å². The normalized spacial score (nSPS) is 11.0. The molecule has 0 fully saturated rings. The van der Waals surface area contributed by atoms with Crippen LogP contribution in [0.5, 0.6) is 0 Å². The third-order valence-electron chi connectivity index (χ3n) is 4.14. The minimum atomic E-state index is -1.00. The van der Waals surface area contributed by atoms with E-state index in [1.165, 1.54) is 24.3 Å². The molecular weight excluding hydrogens is 407 g/mol. The first-order chi connectivity index (χ1) is 13.4. The number of hydrogen-bond acceptors (Lipinski definition) is 2. The zero-order valence-corrected chi connectivity index (χ0v) is 15.6. The van der Waals surface area contributed by atoms with Crippen molar-refractivity contribution in [2.75, 3.05) is 5.32 Å². The zero-order chi connectivity index (χ0) is 19.8. The van der Waals surface area contributed by atoms with Gasteiger partial charge in [0.15, 0.2) is 11.6 Å². The molecule has 2 heterocycles. The van der Waals surface area contributed by atoms with Gasteiger partial charge < -0.3 is 5.32 Å². The topological polar surface area (TPSA) is 46.4 Å². The molecule has 2 aromatic carbocycles. The Bertz CT molecular complexity index is 1220. The van der Waals surface area contributed by atoms with Crippen molar-refractivity contribution in [3.63, 3.8) is 0 Å². The first-order valence-corrected chi connectivity index (χ1v) is 8.88. The van der Waals surface area contributed by atoms with Crippen LogP contribution in [0.25, 0.3) is 16.9 Å². The molecule has 0 aliphatic carbocycles. The van der Waals surface area contributed by atoms with Crippen LogP contribution < -0.4 is 5.32 Å². The third kappa shape index (κ3) is 3.32. The molecule has 1 N–H and O–H groups in total. The smallest absolute Gasteiger partial charge is 0.256 e. The highest BCUT2D eigenvalue weighted by Gasteiger charge is 2.19. The quantitative estimate of drug-likeness (QED) is 0.455. The summed E-state index contributed by atoms with van der Waals surface area (Å²) in [6, 6.07) is 13.2. The minimum Gasteiger partial charge on any atom is -0.306 e. The number of hydrogen-bond donors (Lipinski definition) is 1. The molecule has 0 bridgehead atoms. The molecule has 28 heavy (non-hydrogen) atoms. The first kappa shape index (κ1) is 18.4. The first-order valence-electron chi connectivity index (χ1n) is 8.13. The largest absolute Gasteiger partial charge is 0.306 e. The Labute approximate surface area is 168 Å². The maximum absolute atomic E-state index is 13.7. The van der Waals surface area contributed by atoms with Gasteiger partial charge in [0.2, 0.25) is 0 Å². The molecule has 2 aromatic heterocycles. The van der Waals surface area contributed by atoms with Crippen LogP contribution in [-0.2, 0) is 0 Å². The van der Waals surface area contributed by atoms with E-state index in [0.29, 0.717) is 27.7 Å². The summed E-state index contributed by atoms with van der Waals surface area (Å²) >= 11 is 11.9. The SMILES string of the molecule is O=C(Nc1c(-c2ccc(F)c(F)c2)nc2ccccn12)c1ccc(Cl)c(Cl)c1. The van der Waals surface area contributed by atoms with E-state index in [4.69, 9.17) is 23.2 Å². The van der Waals surface area contributed by atoms with Crippen LogP contribution in [0.3, 0.4) is 0 Å². The van der Waals surface area contributed by atoms with E-state index in [-0.39, 0.29) is 10.6 Å². The van der Waals surface area contributed by atoms with Crippen LogP contribution in [0.15, 0.2) is 60.8 Å². The molecule has 4 aromatic rings. The number of halogens is 4. The lowest BCUT2D eigenvalue weighted by Crippen LogP contribution is -2.14. The van der Waals surface area contributed by atoms with Crippen molar-refractivity contribution in [3.05, 3.63) is 88.0 Å². The molecule has 8 heteroatoms. The second-order valence-corrected chi connectivity index (χ2v) is 6.76. The zero-order valence-electron chi connectivity index (χ0n) is 14.1. The number of amides is 1. The molecule has 0 aliphatic heterocycles. The van der Waals surface area contributed by atoms with Crippen molar-refractivity contribution in [1.29, 1.82) is 0 Å². The summed E-state index contributed by atoms with van der Waals surface area (Å²) in [5.41, 5.74) is 1.45. The average molecular weight is 418 g/mol. The number of benzene rings is 2. The summed E-state index contributed by atoms with van der Waals surface area (Å²) in [7, 11) is 0. The van der Waals surface area contributed by atoms with Crippen LogP contribution in [0.2, 0.25) is 10.0 Å². The number of pyridine rings is 1. The Morgan fingerprint density at radius 2 is 1.79 bits per heavy atom. The standard InChI is InChI=1S/C20H11Cl2F2N3O/c21-13-6-4-12(9-14(13)22)20(28)26-19-18(11-5-7-15(23)16(24)10-11)25-17-3-1-2-8-27(17)19/h1-10H,(H,26,28). The number of nitrogens with one attached hydrogen (secondary N) is 1. The molecule has 0 aliphatic rings. The van der Waals surface area contributed by atoms with E-state index in [1.807, 2.05) is 0 Å². The number of anilines is 1. The van der Waals surface area contributed by atoms with Gasteiger partial charge in [-0.15, -0.1) is 0 Å². The second kappa shape index (κ2) is 7.22. The Morgan fingerprint density at radius 1 is 0.964 bits per heavy atom. The number of carbonyl (C=O) groups is 1. The maximum atomic E-state index is 13.7. The Hall–Kier alpha value is -2.96. The number of nitrogens with zero attached hydrogens (tertiary/aromatic N) is 2. The number of aromatic nitrogens is 2. The molecule has 0 spiro atoms. The fraction of sp³-hybridized carbons (Fsp3) is 0. The van der Waals surface area contributed by atoms with Crippen molar-refractivity contribution in [1.82, 2.24) is 9.38 Å². The average Bonchev–Trinajstić information content (AvgIpc) is 3.04. The van der Waals surface area contributed by atoms with E-state index < -0.39 is 17.5 Å². The third-order valence-corrected chi connectivity index (χ3v) is 4.88. The molecule has 0 saturated carbocycles. The molecule has 4 nitrogen and oxygen atoms in total. The highest BCUT2D eigenvalue weighted by Crippen LogP contribution is 2.30. The van der Waals surface area contributed by atoms with Gasteiger partial charge in [-0.05, 0) is 48.5 Å². The fourth-order valence-corrected chi connectivity index (χ4v) is 3.08. The number of imidazole rings is 1. The molecular formula is C20H11Cl2F2N3O. The minimum absolute atomic E-state index is 0.244. The van der Waals surface area contributed by atoms with Crippen LogP contribution in [-0.4, -0.2) is 15.3 Å². The van der Waals surface area contributed by atoms with E-state index in [1.54, 1.807) is 28.8 Å². The van der Waals surface area contributed by atoms with Crippen molar-refractivity contribution in [2.24, 2.45) is 0 Å². The summed E-state index contributed by atoms with van der Waals surface area (Å²) in [6.45, 7) is 0. The number of fused-ring (bicyclic) bond motifs is 1. The molecule has 0 radical (unpaired) electrons. The number of rotatable bonds is 3. The summed E-state index contributed by atoms with van der Waals surface area (Å²) in [5.74, 6) is -2.10. The molecule has 140 valence electrons. The van der Waals surface area contributed by atoms with E-state index in [0.717, 1.165) is 12.1 Å². The molecule has 0 saturated heterocycles. The highest BCUT2D eigenvalue weighted by molar-refractivity contribution is 6.42. The van der Waals surface area contributed by atoms with Crippen LogP contribution in [0.1, 0.15) is 10.4 Å². The predicted molar refractivity (Wildman–Crippen MR) is 105 cm³/mol. The van der Waals surface area contributed by atoms with Crippen molar-refractivity contribution in [2.45, 2.75) is 0 Å². The van der Waals surface area contributed by atoms with Gasteiger partial charge in [-0.1, -0.05) is 29.3 Å². The monoisotopic (exact) mass is 417 g/mol. The van der Waals surface area contributed by atoms with Gasteiger partial charge in [0, 0.05) is 17.3 Å². The van der Waals surface area contributed by atoms with Crippen LogP contribution >= 0.6 is 23.2 Å². The van der Waals surface area contributed by atoms with Crippen molar-refractivity contribution < 1.29 is 13.6 Å². The fourth-order valence-electron chi connectivity index (χ4n) is 2.78. The Morgan fingerprint density at radius 3 is 2.54 bits per heavy atom. The lowest BCUT2D eigenvalue weighted by molar-refractivity contribution is 0.102. The summed E-state index contributed by atoms with van der Waals surface area (Å²) in [6.07, 6.45) is 1.70. The highest BCUT2D eigenvalue weighted by atomic mass is 35.5. The van der Waals surface area contributed by atoms with Gasteiger partial charge in [-0.3, -0.25) is 9.20 Å². The Kier molecular flexibility index (Phi) is 4.75. The summed E-state index contributed by atoms with van der Waals surface area (Å²) in [5, 5.41) is 3.35. The van der Waals surface area contributed by atoms with E-state index >= 15 is 0 Å². The van der Waals surface area contributed by atoms with Crippen LogP contribution in [0.4, 0.5) is 14.6 Å². The molecule has 4 rings (SSSR count). The van der Waals surface area contributed by atoms with Gasteiger partial charge in [0.25, 0.3) is 5.91 Å². The lowest BCUT2D eigenvalue weighted by Gasteiger charge is -2.09. The second-order valence-electron chi connectivity index (χ2n) is 5.95. The summed E-state index contributed by atoms with van der Waals surface area (Å²) < 4.78 is 28.7. The van der Waals surface area contributed by atoms with Crippen molar-refractivity contribution in [3.8, 4) is 11.3 Å². The van der Waals surface area contributed by atoms with Gasteiger partial charge in [0.05, 0.1) is 10.0 Å². The lowest BCUT2D eigenvalue weighted by atomic mass is 10.1. The van der Waals surface area contributed by atoms with E-state index in [9.17, 15) is 13.6 Å². The van der Waals surface area contributed by atoms with Crippen molar-refractivity contribution >= 4 is 40.6 Å². The molecule has 1 amide bonds. The van der Waals surface area contributed by atoms with Gasteiger partial charge in [-0.2, -0.15) is 0 Å².